The minimum Gasteiger partial charge on any atom is -0.199 e. The van der Waals surface area contributed by atoms with Crippen LogP contribution in [0.2, 0.25) is 0 Å². The molecular weight excluding hydrogens is 234 g/mol. The van der Waals surface area contributed by atoms with E-state index in [9.17, 15) is 8.42 Å². The van der Waals surface area contributed by atoms with Gasteiger partial charge in [-0.05, 0) is 24.6 Å². The van der Waals surface area contributed by atoms with Gasteiger partial charge in [-0.1, -0.05) is 36.4 Å². The van der Waals surface area contributed by atoms with Crippen LogP contribution in [-0.2, 0) is 10.0 Å². The Morgan fingerprint density at radius 1 is 1.18 bits per heavy atom. The summed E-state index contributed by atoms with van der Waals surface area (Å²) in [6.45, 7) is 1.77. The number of rotatable bonds is 2. The molecule has 0 atom stereocenters. The largest absolute Gasteiger partial charge is 0.282 e. The molecule has 0 radical (unpaired) electrons. The van der Waals surface area contributed by atoms with Gasteiger partial charge in [0.15, 0.2) is 0 Å². The Hall–Kier alpha value is -1.68. The van der Waals surface area contributed by atoms with Gasteiger partial charge in [0.1, 0.15) is 0 Å². The standard InChI is InChI=1S/C13H13NO2S/c1-11-7-5-6-10-13(11)17(15,16)14-12-8-3-2-4-9-12/h2-8,10H,9H2,1H3. The zero-order chi connectivity index (χ0) is 12.3. The molecule has 3 nitrogen and oxygen atoms in total. The number of aryl methyl sites for hydroxylation is 1. The maximum Gasteiger partial charge on any atom is 0.282 e. The number of hydrogen-bond donors (Lipinski definition) is 0. The van der Waals surface area contributed by atoms with Crippen LogP contribution in [-0.4, -0.2) is 14.1 Å². The van der Waals surface area contributed by atoms with Crippen LogP contribution in [0.25, 0.3) is 0 Å². The summed E-state index contributed by atoms with van der Waals surface area (Å²) in [4.78, 5) is 0.274. The number of sulfonamides is 1. The second kappa shape index (κ2) is 4.67. The molecule has 0 saturated carbocycles. The first-order valence-electron chi connectivity index (χ1n) is 5.32. The van der Waals surface area contributed by atoms with Gasteiger partial charge < -0.3 is 0 Å². The molecule has 17 heavy (non-hydrogen) atoms. The molecule has 0 aliphatic heterocycles. The fourth-order valence-corrected chi connectivity index (χ4v) is 2.89. The minimum atomic E-state index is -3.59. The second-order valence-corrected chi connectivity index (χ2v) is 5.39. The van der Waals surface area contributed by atoms with Crippen molar-refractivity contribution in [2.45, 2.75) is 18.2 Å². The summed E-state index contributed by atoms with van der Waals surface area (Å²) in [7, 11) is -3.59. The highest BCUT2D eigenvalue weighted by atomic mass is 32.2. The highest BCUT2D eigenvalue weighted by Crippen LogP contribution is 2.18. The van der Waals surface area contributed by atoms with E-state index in [0.717, 1.165) is 0 Å². The van der Waals surface area contributed by atoms with Gasteiger partial charge in [-0.25, -0.2) is 0 Å². The lowest BCUT2D eigenvalue weighted by Gasteiger charge is -2.05. The Bertz CT molecular complexity index is 610. The highest BCUT2D eigenvalue weighted by molar-refractivity contribution is 7.90. The lowest BCUT2D eigenvalue weighted by atomic mass is 10.2. The lowest BCUT2D eigenvalue weighted by molar-refractivity contribution is 0.597. The zero-order valence-electron chi connectivity index (χ0n) is 9.50. The molecule has 1 aliphatic carbocycles. The molecule has 2 rings (SSSR count). The predicted molar refractivity (Wildman–Crippen MR) is 68.7 cm³/mol. The van der Waals surface area contributed by atoms with Gasteiger partial charge in [0, 0.05) is 6.42 Å². The second-order valence-electron chi connectivity index (χ2n) is 3.81. The Labute approximate surface area is 101 Å². The molecule has 0 fully saturated rings. The fourth-order valence-electron chi connectivity index (χ4n) is 1.62. The van der Waals surface area contributed by atoms with Crippen molar-refractivity contribution in [2.75, 3.05) is 0 Å². The summed E-state index contributed by atoms with van der Waals surface area (Å²) in [5, 5.41) is 0. The van der Waals surface area contributed by atoms with Crippen molar-refractivity contribution in [3.8, 4) is 0 Å². The lowest BCUT2D eigenvalue weighted by Crippen LogP contribution is -2.04. The first kappa shape index (κ1) is 11.8. The molecule has 0 N–H and O–H groups in total. The van der Waals surface area contributed by atoms with Gasteiger partial charge in [0.25, 0.3) is 10.0 Å². The van der Waals surface area contributed by atoms with E-state index in [1.807, 2.05) is 18.2 Å². The normalized spacial score (nSPS) is 17.6. The van der Waals surface area contributed by atoms with E-state index < -0.39 is 10.0 Å². The third-order valence-corrected chi connectivity index (χ3v) is 3.96. The van der Waals surface area contributed by atoms with E-state index >= 15 is 0 Å². The molecule has 0 bridgehead atoms. The first-order valence-corrected chi connectivity index (χ1v) is 6.76. The molecule has 0 aromatic heterocycles. The monoisotopic (exact) mass is 247 g/mol. The summed E-state index contributed by atoms with van der Waals surface area (Å²) in [5.74, 6) is 0. The topological polar surface area (TPSA) is 46.5 Å². The Morgan fingerprint density at radius 3 is 2.59 bits per heavy atom. The number of nitrogens with zero attached hydrogens (tertiary/aromatic N) is 1. The van der Waals surface area contributed by atoms with E-state index in [1.54, 1.807) is 37.3 Å². The van der Waals surface area contributed by atoms with Crippen LogP contribution in [0.5, 0.6) is 0 Å². The summed E-state index contributed by atoms with van der Waals surface area (Å²) in [6, 6.07) is 6.86. The van der Waals surface area contributed by atoms with Gasteiger partial charge in [-0.15, -0.1) is 0 Å². The first-order chi connectivity index (χ1) is 8.09. The van der Waals surface area contributed by atoms with Gasteiger partial charge in [-0.2, -0.15) is 12.8 Å². The van der Waals surface area contributed by atoms with E-state index in [-0.39, 0.29) is 4.90 Å². The van der Waals surface area contributed by atoms with Gasteiger partial charge in [0.05, 0.1) is 10.6 Å². The molecule has 88 valence electrons. The van der Waals surface area contributed by atoms with Crippen molar-refractivity contribution in [3.63, 3.8) is 0 Å². The van der Waals surface area contributed by atoms with Crippen LogP contribution < -0.4 is 0 Å². The molecular formula is C13H13NO2S. The zero-order valence-corrected chi connectivity index (χ0v) is 10.3. The average Bonchev–Trinajstić information content (AvgIpc) is 2.30. The van der Waals surface area contributed by atoms with Crippen molar-refractivity contribution in [3.05, 3.63) is 54.1 Å². The van der Waals surface area contributed by atoms with Crippen LogP contribution in [0, 0.1) is 6.92 Å². The van der Waals surface area contributed by atoms with E-state index in [4.69, 9.17) is 0 Å². The number of benzene rings is 1. The van der Waals surface area contributed by atoms with Crippen molar-refractivity contribution in [2.24, 2.45) is 4.40 Å². The molecule has 0 spiro atoms. The molecule has 1 aromatic carbocycles. The maximum atomic E-state index is 12.1. The van der Waals surface area contributed by atoms with Gasteiger partial charge in [-0.3, -0.25) is 0 Å². The Balaban J connectivity index is 2.42. The van der Waals surface area contributed by atoms with Crippen molar-refractivity contribution >= 4 is 15.7 Å². The molecule has 0 saturated heterocycles. The third kappa shape index (κ3) is 2.71. The number of hydrogen-bond acceptors (Lipinski definition) is 2. The summed E-state index contributed by atoms with van der Waals surface area (Å²) in [6.07, 6.45) is 7.82. The van der Waals surface area contributed by atoms with Crippen molar-refractivity contribution in [1.29, 1.82) is 0 Å². The van der Waals surface area contributed by atoms with E-state index in [1.165, 1.54) is 0 Å². The van der Waals surface area contributed by atoms with Gasteiger partial charge in [0.2, 0.25) is 0 Å². The predicted octanol–water partition coefficient (Wildman–Crippen LogP) is 2.64. The van der Waals surface area contributed by atoms with Crippen LogP contribution in [0.15, 0.2) is 57.9 Å². The summed E-state index contributed by atoms with van der Waals surface area (Å²) < 4.78 is 28.0. The molecule has 1 aromatic rings. The highest BCUT2D eigenvalue weighted by Gasteiger charge is 2.15. The molecule has 0 heterocycles. The third-order valence-electron chi connectivity index (χ3n) is 2.47. The van der Waals surface area contributed by atoms with E-state index in [0.29, 0.717) is 17.7 Å². The number of allylic oxidation sites excluding steroid dienone is 4. The molecule has 0 amide bonds. The Kier molecular flexibility index (Phi) is 3.24. The van der Waals surface area contributed by atoms with Crippen LogP contribution >= 0.6 is 0 Å². The fraction of sp³-hybridized carbons (Fsp3) is 0.154. The van der Waals surface area contributed by atoms with Gasteiger partial charge >= 0.3 is 0 Å². The van der Waals surface area contributed by atoms with Crippen molar-refractivity contribution < 1.29 is 8.42 Å². The molecule has 4 heteroatoms. The molecule has 1 aliphatic rings. The summed E-state index contributed by atoms with van der Waals surface area (Å²) >= 11 is 0. The maximum absolute atomic E-state index is 12.1. The Morgan fingerprint density at radius 2 is 1.94 bits per heavy atom. The van der Waals surface area contributed by atoms with Crippen LogP contribution in [0.1, 0.15) is 12.0 Å². The smallest absolute Gasteiger partial charge is 0.199 e. The quantitative estimate of drug-likeness (QED) is 0.806. The average molecular weight is 247 g/mol. The SMILES string of the molecule is Cc1ccccc1S(=O)(=O)N=C1C=CC=CC1. The van der Waals surface area contributed by atoms with Crippen molar-refractivity contribution in [1.82, 2.24) is 0 Å². The molecule has 0 unspecified atom stereocenters. The van der Waals surface area contributed by atoms with E-state index in [2.05, 4.69) is 4.40 Å². The van der Waals surface area contributed by atoms with Crippen LogP contribution in [0.4, 0.5) is 0 Å². The van der Waals surface area contributed by atoms with Crippen LogP contribution in [0.3, 0.4) is 0 Å². The summed E-state index contributed by atoms with van der Waals surface area (Å²) in [5.41, 5.74) is 1.28. The minimum absolute atomic E-state index is 0.274.